The second-order valence-electron chi connectivity index (χ2n) is 12.6. The second-order valence-corrected chi connectivity index (χ2v) is 14.5. The number of rotatable bonds is 7. The van der Waals surface area contributed by atoms with Crippen LogP contribution >= 0.6 is 0 Å². The molecule has 0 aliphatic carbocycles. The summed E-state index contributed by atoms with van der Waals surface area (Å²) in [5.74, 6) is -0.593. The maximum absolute atomic E-state index is 12.7. The third kappa shape index (κ3) is 5.33. The van der Waals surface area contributed by atoms with E-state index in [-0.39, 0.29) is 14.8 Å². The standard InChI is InChI=1S/C33H35N5O6Si/c1-19(39)42-27-28(33(44-45-31(2,3)4,20-12-8-6-9-13-20)21-14-10-7-11-15-21)43-30(32(27,5)41)38-18-23-24(34)16-22-26(23)25(37-38)17-35-36-29(22)40/h6-18,27-28,30,41H,34H2,1-5H3,(H,36,40). The Hall–Kier alpha value is -4.36. The molecule has 5 aromatic rings. The maximum Gasteiger partial charge on any atom is 0.303 e. The average Bonchev–Trinajstić information content (AvgIpc) is 3.40. The van der Waals surface area contributed by atoms with Crippen molar-refractivity contribution >= 4 is 43.1 Å². The minimum absolute atomic E-state index is 0.0100. The minimum atomic E-state index is -1.82. The van der Waals surface area contributed by atoms with Gasteiger partial charge in [-0.3, -0.25) is 9.59 Å². The Labute approximate surface area is 262 Å². The third-order valence-electron chi connectivity index (χ3n) is 7.97. The van der Waals surface area contributed by atoms with E-state index < -0.39 is 41.2 Å². The van der Waals surface area contributed by atoms with E-state index in [9.17, 15) is 14.7 Å². The number of anilines is 1. The number of hydrogen-bond acceptors (Lipinski definition) is 9. The number of ether oxygens (including phenoxy) is 2. The molecule has 0 amide bonds. The number of carbonyl (C=O) groups excluding carboxylic acids is 1. The lowest BCUT2D eigenvalue weighted by atomic mass is 9.77. The number of benzene rings is 2. The molecular formula is C33H35N5O6Si. The van der Waals surface area contributed by atoms with Crippen LogP contribution in [0.2, 0.25) is 5.04 Å². The number of aromatic amines is 1. The number of nitrogens with one attached hydrogen (secondary N) is 1. The molecule has 3 heterocycles. The van der Waals surface area contributed by atoms with Crippen molar-refractivity contribution in [1.82, 2.24) is 20.0 Å². The molecule has 0 spiro atoms. The molecule has 3 aromatic carbocycles. The molecule has 2 radical (unpaired) electrons. The highest BCUT2D eigenvalue weighted by Gasteiger charge is 2.64. The quantitative estimate of drug-likeness (QED) is 0.178. The monoisotopic (exact) mass is 625 g/mol. The molecule has 232 valence electrons. The number of H-pyrrole nitrogens is 1. The third-order valence-corrected chi connectivity index (χ3v) is 9.01. The van der Waals surface area contributed by atoms with Crippen molar-refractivity contribution in [1.29, 1.82) is 0 Å². The Balaban J connectivity index is 1.60. The molecule has 4 atom stereocenters. The van der Waals surface area contributed by atoms with E-state index >= 15 is 0 Å². The fourth-order valence-electron chi connectivity index (χ4n) is 6.02. The van der Waals surface area contributed by atoms with Crippen LogP contribution in [0, 0.1) is 0 Å². The van der Waals surface area contributed by atoms with Crippen LogP contribution in [-0.4, -0.2) is 58.6 Å². The molecule has 6 rings (SSSR count). The van der Waals surface area contributed by atoms with Crippen LogP contribution in [0.4, 0.5) is 5.69 Å². The van der Waals surface area contributed by atoms with E-state index in [1.54, 1.807) is 19.2 Å². The van der Waals surface area contributed by atoms with Crippen LogP contribution in [0.1, 0.15) is 52.0 Å². The SMILES string of the molecule is CC(=O)OC1C(C(O[Si]C(C)(C)C)(c2ccccc2)c2ccccc2)OC(n2cc3c(N)cc4c(=O)[nH]ncc(n2)c34)C1(C)O. The summed E-state index contributed by atoms with van der Waals surface area (Å²) < 4.78 is 21.3. The molecular weight excluding hydrogens is 590 g/mol. The van der Waals surface area contributed by atoms with Gasteiger partial charge in [-0.1, -0.05) is 81.4 Å². The molecule has 4 N–H and O–H groups in total. The molecule has 11 nitrogen and oxygen atoms in total. The van der Waals surface area contributed by atoms with Gasteiger partial charge in [0.2, 0.25) is 9.76 Å². The minimum Gasteiger partial charge on any atom is -0.456 e. The molecule has 1 saturated heterocycles. The molecule has 2 aromatic heterocycles. The molecule has 4 unspecified atom stereocenters. The summed E-state index contributed by atoms with van der Waals surface area (Å²) >= 11 is 0. The lowest BCUT2D eigenvalue weighted by Crippen LogP contribution is -2.55. The first-order valence-corrected chi connectivity index (χ1v) is 15.5. The van der Waals surface area contributed by atoms with Crippen molar-refractivity contribution in [2.24, 2.45) is 0 Å². The first kappa shape index (κ1) is 30.7. The summed E-state index contributed by atoms with van der Waals surface area (Å²) in [6, 6.07) is 20.8. The first-order chi connectivity index (χ1) is 21.3. The zero-order valence-corrected chi connectivity index (χ0v) is 26.6. The Bertz CT molecular complexity index is 1880. The number of aromatic nitrogens is 4. The molecule has 12 heteroatoms. The van der Waals surface area contributed by atoms with Crippen molar-refractivity contribution in [2.75, 3.05) is 5.73 Å². The number of aliphatic hydroxyl groups is 1. The van der Waals surface area contributed by atoms with Crippen molar-refractivity contribution in [3.05, 3.63) is 101 Å². The van der Waals surface area contributed by atoms with Gasteiger partial charge in [0.25, 0.3) is 5.56 Å². The molecule has 0 saturated carbocycles. The van der Waals surface area contributed by atoms with Crippen molar-refractivity contribution < 1.29 is 23.8 Å². The van der Waals surface area contributed by atoms with E-state index in [0.29, 0.717) is 27.4 Å². The van der Waals surface area contributed by atoms with Gasteiger partial charge in [-0.15, -0.1) is 0 Å². The highest BCUT2D eigenvalue weighted by Crippen LogP contribution is 2.51. The van der Waals surface area contributed by atoms with Gasteiger partial charge < -0.3 is 24.7 Å². The van der Waals surface area contributed by atoms with Gasteiger partial charge in [-0.25, -0.2) is 9.78 Å². The Morgan fingerprint density at radius 3 is 2.29 bits per heavy atom. The van der Waals surface area contributed by atoms with Crippen LogP contribution in [0.3, 0.4) is 0 Å². The molecule has 1 aliphatic heterocycles. The van der Waals surface area contributed by atoms with Gasteiger partial charge in [-0.2, -0.15) is 10.2 Å². The highest BCUT2D eigenvalue weighted by molar-refractivity contribution is 6.32. The summed E-state index contributed by atoms with van der Waals surface area (Å²) in [4.78, 5) is 25.3. The lowest BCUT2D eigenvalue weighted by Gasteiger charge is -2.43. The fraction of sp³-hybridized carbons (Fsp3) is 0.333. The van der Waals surface area contributed by atoms with Crippen LogP contribution in [0.25, 0.3) is 21.7 Å². The number of carbonyl (C=O) groups is 1. The fourth-order valence-corrected chi connectivity index (χ4v) is 6.84. The molecule has 0 bridgehead atoms. The van der Waals surface area contributed by atoms with Gasteiger partial charge in [0.15, 0.2) is 12.3 Å². The smallest absolute Gasteiger partial charge is 0.303 e. The normalized spacial score (nSPS) is 22.2. The highest BCUT2D eigenvalue weighted by atomic mass is 28.2. The van der Waals surface area contributed by atoms with E-state index in [1.165, 1.54) is 17.8 Å². The number of hydrogen-bond donors (Lipinski definition) is 3. The second kappa shape index (κ2) is 11.2. The lowest BCUT2D eigenvalue weighted by molar-refractivity contribution is -0.166. The largest absolute Gasteiger partial charge is 0.456 e. The maximum atomic E-state index is 12.7. The number of nitrogen functional groups attached to an aromatic ring is 1. The summed E-state index contributed by atoms with van der Waals surface area (Å²) in [5, 5.41) is 24.7. The van der Waals surface area contributed by atoms with Gasteiger partial charge in [-0.05, 0) is 29.2 Å². The Morgan fingerprint density at radius 2 is 1.71 bits per heavy atom. The Kier molecular flexibility index (Phi) is 7.64. The predicted octanol–water partition coefficient (Wildman–Crippen LogP) is 4.23. The molecule has 45 heavy (non-hydrogen) atoms. The van der Waals surface area contributed by atoms with Gasteiger partial charge in [0.05, 0.1) is 11.6 Å². The van der Waals surface area contributed by atoms with Crippen LogP contribution in [0.15, 0.2) is 83.9 Å². The zero-order chi connectivity index (χ0) is 32.1. The van der Waals surface area contributed by atoms with Crippen LogP contribution in [0.5, 0.6) is 0 Å². The van der Waals surface area contributed by atoms with E-state index in [4.69, 9.17) is 24.7 Å². The summed E-state index contributed by atoms with van der Waals surface area (Å²) in [6.07, 6.45) is -0.392. The topological polar surface area (TPSA) is 155 Å². The molecule has 1 fully saturated rings. The van der Waals surface area contributed by atoms with Crippen LogP contribution in [-0.2, 0) is 24.3 Å². The number of nitrogens with zero attached hydrogens (tertiary/aromatic N) is 3. The van der Waals surface area contributed by atoms with E-state index in [0.717, 1.165) is 11.1 Å². The zero-order valence-electron chi connectivity index (χ0n) is 25.6. The van der Waals surface area contributed by atoms with Gasteiger partial charge in [0.1, 0.15) is 22.8 Å². The number of esters is 1. The summed E-state index contributed by atoms with van der Waals surface area (Å²) in [7, 11) is -0.0100. The van der Waals surface area contributed by atoms with Crippen molar-refractivity contribution in [3.8, 4) is 0 Å². The van der Waals surface area contributed by atoms with Crippen LogP contribution < -0.4 is 11.3 Å². The van der Waals surface area contributed by atoms with Crippen molar-refractivity contribution in [2.45, 2.75) is 69.3 Å². The average molecular weight is 626 g/mol. The van der Waals surface area contributed by atoms with Gasteiger partial charge in [0, 0.05) is 29.6 Å². The Morgan fingerprint density at radius 1 is 1.09 bits per heavy atom. The van der Waals surface area contributed by atoms with Gasteiger partial charge >= 0.3 is 5.97 Å². The number of nitrogens with two attached hydrogens (primary N) is 1. The summed E-state index contributed by atoms with van der Waals surface area (Å²) in [5.41, 5.74) is 5.03. The summed E-state index contributed by atoms with van der Waals surface area (Å²) in [6.45, 7) is 9.07. The first-order valence-electron chi connectivity index (χ1n) is 14.6. The molecule has 1 aliphatic rings. The van der Waals surface area contributed by atoms with E-state index in [1.807, 2.05) is 60.7 Å². The van der Waals surface area contributed by atoms with E-state index in [2.05, 4.69) is 31.0 Å². The predicted molar refractivity (Wildman–Crippen MR) is 170 cm³/mol. The van der Waals surface area contributed by atoms with Crippen molar-refractivity contribution in [3.63, 3.8) is 0 Å².